The number of nitrogens with one attached hydrogen (secondary N) is 3. The van der Waals surface area contributed by atoms with Gasteiger partial charge in [0.1, 0.15) is 12.8 Å². The third-order valence-corrected chi connectivity index (χ3v) is 8.23. The van der Waals surface area contributed by atoms with Crippen molar-refractivity contribution < 1.29 is 18.6 Å². The van der Waals surface area contributed by atoms with Gasteiger partial charge in [0, 0.05) is 43.7 Å². The van der Waals surface area contributed by atoms with Gasteiger partial charge in [0.15, 0.2) is 0 Å². The SMILES string of the molecule is CCCCN1CC(Nc2ccc(C3c4ccc(NC5CCCCO5)c(C=N)c4CCN3CC(F)(F)CO)nc2)C1. The van der Waals surface area contributed by atoms with Crippen molar-refractivity contribution in [2.75, 3.05) is 56.6 Å². The zero-order valence-electron chi connectivity index (χ0n) is 23.3. The molecule has 0 amide bonds. The van der Waals surface area contributed by atoms with Crippen molar-refractivity contribution >= 4 is 17.6 Å². The molecule has 2 unspecified atom stereocenters. The maximum Gasteiger partial charge on any atom is 0.283 e. The van der Waals surface area contributed by atoms with E-state index in [1.54, 1.807) is 11.1 Å². The van der Waals surface area contributed by atoms with E-state index in [-0.39, 0.29) is 6.23 Å². The zero-order valence-corrected chi connectivity index (χ0v) is 23.3. The number of likely N-dealkylation sites (tertiary alicyclic amines) is 1. The number of hydrogen-bond acceptors (Lipinski definition) is 8. The van der Waals surface area contributed by atoms with Crippen molar-refractivity contribution in [2.24, 2.45) is 0 Å². The van der Waals surface area contributed by atoms with Gasteiger partial charge in [0.05, 0.1) is 36.2 Å². The second-order valence-electron chi connectivity index (χ2n) is 11.3. The summed E-state index contributed by atoms with van der Waals surface area (Å²) in [5.41, 5.74) is 5.02. The van der Waals surface area contributed by atoms with E-state index in [0.717, 1.165) is 67.0 Å². The molecule has 2 fully saturated rings. The summed E-state index contributed by atoms with van der Waals surface area (Å²) in [5, 5.41) is 24.5. The molecule has 2 atom stereocenters. The Bertz CT molecular complexity index is 1140. The van der Waals surface area contributed by atoms with E-state index in [2.05, 4.69) is 22.5 Å². The van der Waals surface area contributed by atoms with Crippen molar-refractivity contribution in [1.82, 2.24) is 14.8 Å². The largest absolute Gasteiger partial charge is 0.390 e. The number of nitrogens with zero attached hydrogens (tertiary/aromatic N) is 3. The van der Waals surface area contributed by atoms with Crippen LogP contribution in [0.5, 0.6) is 0 Å². The Morgan fingerprint density at radius 1 is 1.20 bits per heavy atom. The second kappa shape index (κ2) is 12.9. The summed E-state index contributed by atoms with van der Waals surface area (Å²) in [4.78, 5) is 8.88. The minimum absolute atomic E-state index is 0.0965. The van der Waals surface area contributed by atoms with Crippen LogP contribution < -0.4 is 10.6 Å². The Labute approximate surface area is 235 Å². The first-order valence-electron chi connectivity index (χ1n) is 14.6. The van der Waals surface area contributed by atoms with Crippen molar-refractivity contribution in [3.63, 3.8) is 0 Å². The fourth-order valence-electron chi connectivity index (χ4n) is 6.09. The average molecular weight is 557 g/mol. The van der Waals surface area contributed by atoms with Crippen molar-refractivity contribution in [3.05, 3.63) is 52.8 Å². The molecule has 0 radical (unpaired) electrons. The van der Waals surface area contributed by atoms with Gasteiger partial charge >= 0.3 is 0 Å². The monoisotopic (exact) mass is 556 g/mol. The number of hydrogen-bond donors (Lipinski definition) is 4. The molecule has 4 N–H and O–H groups in total. The number of ether oxygens (including phenoxy) is 1. The maximum atomic E-state index is 14.4. The second-order valence-corrected chi connectivity index (χ2v) is 11.3. The molecule has 3 aliphatic rings. The molecule has 3 aliphatic heterocycles. The molecule has 2 aromatic rings. The number of aliphatic hydroxyl groups excluding tert-OH is 1. The standard InChI is InChI=1S/C30H42F2N6O2/c1-2-3-12-37-17-22(18-37)35-21-7-9-27(34-16-21)29-24-8-10-26(36-28-6-4-5-14-40-28)25(15-33)23(24)11-13-38(29)19-30(31,32)20-39/h7-10,15-16,22,28-29,33,35-36,39H,2-6,11-14,17-20H2,1H3. The molecule has 40 heavy (non-hydrogen) atoms. The van der Waals surface area contributed by atoms with E-state index in [1.165, 1.54) is 19.1 Å². The van der Waals surface area contributed by atoms with Crippen molar-refractivity contribution in [1.29, 1.82) is 5.41 Å². The van der Waals surface area contributed by atoms with Gasteiger partial charge in [-0.1, -0.05) is 19.4 Å². The number of aliphatic hydroxyl groups is 1. The Kier molecular flexibility index (Phi) is 9.30. The molecule has 0 spiro atoms. The molecular formula is C30H42F2N6O2. The van der Waals surface area contributed by atoms with Gasteiger partial charge in [-0.15, -0.1) is 0 Å². The van der Waals surface area contributed by atoms with Gasteiger partial charge in [-0.05, 0) is 68.0 Å². The van der Waals surface area contributed by atoms with E-state index in [4.69, 9.17) is 15.1 Å². The van der Waals surface area contributed by atoms with Gasteiger partial charge in [-0.25, -0.2) is 8.78 Å². The molecule has 218 valence electrons. The Balaban J connectivity index is 1.38. The fraction of sp³-hybridized carbons (Fsp3) is 0.600. The summed E-state index contributed by atoms with van der Waals surface area (Å²) in [6, 6.07) is 7.65. The smallest absolute Gasteiger partial charge is 0.283 e. The quantitative estimate of drug-likeness (QED) is 0.286. The molecule has 8 nitrogen and oxygen atoms in total. The van der Waals surface area contributed by atoms with Gasteiger partial charge in [0.2, 0.25) is 0 Å². The Hall–Kier alpha value is -2.66. The molecule has 1 aromatic heterocycles. The summed E-state index contributed by atoms with van der Waals surface area (Å²) in [7, 11) is 0. The van der Waals surface area contributed by atoms with Crippen LogP contribution in [0.4, 0.5) is 20.2 Å². The zero-order chi connectivity index (χ0) is 28.1. The van der Waals surface area contributed by atoms with Crippen LogP contribution >= 0.6 is 0 Å². The number of halogens is 2. The number of anilines is 2. The highest BCUT2D eigenvalue weighted by molar-refractivity contribution is 5.89. The lowest BCUT2D eigenvalue weighted by atomic mass is 9.86. The lowest BCUT2D eigenvalue weighted by Crippen LogP contribution is -2.54. The van der Waals surface area contributed by atoms with Crippen LogP contribution in [0.15, 0.2) is 30.5 Å². The van der Waals surface area contributed by atoms with Crippen molar-refractivity contribution in [2.45, 2.75) is 69.7 Å². The summed E-state index contributed by atoms with van der Waals surface area (Å²) < 4.78 is 34.8. The minimum Gasteiger partial charge on any atom is -0.390 e. The Morgan fingerprint density at radius 2 is 2.05 bits per heavy atom. The van der Waals surface area contributed by atoms with Crippen LogP contribution in [0, 0.1) is 5.41 Å². The summed E-state index contributed by atoms with van der Waals surface area (Å²) in [6.07, 6.45) is 9.01. The van der Waals surface area contributed by atoms with Crippen LogP contribution in [0.2, 0.25) is 0 Å². The minimum atomic E-state index is -3.23. The fourth-order valence-corrected chi connectivity index (χ4v) is 6.09. The number of aromatic nitrogens is 1. The summed E-state index contributed by atoms with van der Waals surface area (Å²) in [6.45, 7) is 4.67. The van der Waals surface area contributed by atoms with Gasteiger partial charge < -0.3 is 25.9 Å². The van der Waals surface area contributed by atoms with Crippen LogP contribution in [0.25, 0.3) is 0 Å². The summed E-state index contributed by atoms with van der Waals surface area (Å²) in [5.74, 6) is -3.23. The number of benzene rings is 1. The van der Waals surface area contributed by atoms with E-state index < -0.39 is 25.1 Å². The third-order valence-electron chi connectivity index (χ3n) is 8.23. The molecule has 4 heterocycles. The van der Waals surface area contributed by atoms with Gasteiger partial charge in [-0.3, -0.25) is 14.8 Å². The van der Waals surface area contributed by atoms with Crippen LogP contribution in [0.3, 0.4) is 0 Å². The van der Waals surface area contributed by atoms with Crippen LogP contribution in [-0.4, -0.2) is 90.2 Å². The molecule has 0 bridgehead atoms. The average Bonchev–Trinajstić information content (AvgIpc) is 2.95. The summed E-state index contributed by atoms with van der Waals surface area (Å²) >= 11 is 0. The van der Waals surface area contributed by atoms with Crippen LogP contribution in [0.1, 0.15) is 67.5 Å². The van der Waals surface area contributed by atoms with E-state index in [9.17, 15) is 13.9 Å². The van der Waals surface area contributed by atoms with E-state index in [1.807, 2.05) is 24.3 Å². The van der Waals surface area contributed by atoms with E-state index in [0.29, 0.717) is 31.3 Å². The van der Waals surface area contributed by atoms with Crippen molar-refractivity contribution in [3.8, 4) is 0 Å². The highest BCUT2D eigenvalue weighted by atomic mass is 19.3. The van der Waals surface area contributed by atoms with Crippen LogP contribution in [-0.2, 0) is 11.2 Å². The molecule has 1 aromatic carbocycles. The predicted molar refractivity (Wildman–Crippen MR) is 154 cm³/mol. The van der Waals surface area contributed by atoms with Gasteiger partial charge in [0.25, 0.3) is 5.92 Å². The lowest BCUT2D eigenvalue weighted by molar-refractivity contribution is -0.0788. The number of rotatable bonds is 12. The number of fused-ring (bicyclic) bond motifs is 1. The molecular weight excluding hydrogens is 514 g/mol. The highest BCUT2D eigenvalue weighted by Crippen LogP contribution is 2.39. The third kappa shape index (κ3) is 6.62. The Morgan fingerprint density at radius 3 is 2.73 bits per heavy atom. The molecule has 10 heteroatoms. The maximum absolute atomic E-state index is 14.4. The van der Waals surface area contributed by atoms with E-state index >= 15 is 0 Å². The topological polar surface area (TPSA) is 96.7 Å². The highest BCUT2D eigenvalue weighted by Gasteiger charge is 2.39. The first kappa shape index (κ1) is 28.9. The van der Waals surface area contributed by atoms with Gasteiger partial charge in [-0.2, -0.15) is 0 Å². The number of unbranched alkanes of at least 4 members (excludes halogenated alkanes) is 1. The first-order valence-corrected chi connectivity index (χ1v) is 14.6. The first-order chi connectivity index (χ1) is 19.4. The number of alkyl halides is 2. The molecule has 2 saturated heterocycles. The normalized spacial score (nSPS) is 22.4. The predicted octanol–water partition coefficient (Wildman–Crippen LogP) is 4.49. The molecule has 0 aliphatic carbocycles. The molecule has 0 saturated carbocycles. The molecule has 5 rings (SSSR count). The number of pyridine rings is 1. The lowest BCUT2D eigenvalue weighted by Gasteiger charge is -2.40.